The van der Waals surface area contributed by atoms with Crippen LogP contribution in [-0.2, 0) is 11.3 Å². The van der Waals surface area contributed by atoms with Gasteiger partial charge in [0.25, 0.3) is 11.5 Å². The van der Waals surface area contributed by atoms with Gasteiger partial charge in [0.05, 0.1) is 30.1 Å². The first-order valence-corrected chi connectivity index (χ1v) is 9.86. The van der Waals surface area contributed by atoms with E-state index in [9.17, 15) is 9.59 Å². The van der Waals surface area contributed by atoms with E-state index in [4.69, 9.17) is 4.74 Å². The van der Waals surface area contributed by atoms with E-state index in [2.05, 4.69) is 10.3 Å². The smallest absolute Gasteiger partial charge is 0.261 e. The van der Waals surface area contributed by atoms with Gasteiger partial charge in [0.15, 0.2) is 0 Å². The van der Waals surface area contributed by atoms with Crippen molar-refractivity contribution in [2.24, 2.45) is 0 Å². The molecule has 0 saturated carbocycles. The Morgan fingerprint density at radius 1 is 1.07 bits per heavy atom. The third kappa shape index (κ3) is 3.82. The Hall–Kier alpha value is -3.51. The van der Waals surface area contributed by atoms with Crippen molar-refractivity contribution >= 4 is 27.6 Å². The zero-order valence-corrected chi connectivity index (χ0v) is 17.0. The van der Waals surface area contributed by atoms with E-state index in [-0.39, 0.29) is 11.5 Å². The molecule has 0 bridgehead atoms. The van der Waals surface area contributed by atoms with Gasteiger partial charge in [-0.05, 0) is 42.0 Å². The number of amides is 1. The molecule has 0 fully saturated rings. The number of hydrogen-bond acceptors (Lipinski definition) is 4. The molecule has 6 heteroatoms. The van der Waals surface area contributed by atoms with Crippen LogP contribution in [0.1, 0.15) is 29.1 Å². The van der Waals surface area contributed by atoms with Crippen molar-refractivity contribution in [1.82, 2.24) is 14.9 Å². The Balaban J connectivity index is 1.68. The number of nitrogens with one attached hydrogen (secondary N) is 1. The summed E-state index contributed by atoms with van der Waals surface area (Å²) in [5.41, 5.74) is 1.03. The third-order valence-electron chi connectivity index (χ3n) is 5.16. The number of fused-ring (bicyclic) bond motifs is 2. The summed E-state index contributed by atoms with van der Waals surface area (Å²) in [7, 11) is 1.59. The Morgan fingerprint density at radius 3 is 2.60 bits per heavy atom. The minimum absolute atomic E-state index is 0.139. The third-order valence-corrected chi connectivity index (χ3v) is 5.16. The fourth-order valence-corrected chi connectivity index (χ4v) is 3.59. The molecule has 6 nitrogen and oxygen atoms in total. The van der Waals surface area contributed by atoms with Crippen molar-refractivity contribution in [3.8, 4) is 0 Å². The lowest BCUT2D eigenvalue weighted by Crippen LogP contribution is -2.34. The van der Waals surface area contributed by atoms with Crippen LogP contribution in [0.4, 0.5) is 0 Å². The lowest BCUT2D eigenvalue weighted by atomic mass is 10.1. The normalized spacial score (nSPS) is 12.2. The van der Waals surface area contributed by atoms with E-state index in [0.29, 0.717) is 35.4 Å². The molecule has 0 aliphatic rings. The van der Waals surface area contributed by atoms with Gasteiger partial charge < -0.3 is 10.1 Å². The summed E-state index contributed by atoms with van der Waals surface area (Å²) in [6.07, 6.45) is 0. The van der Waals surface area contributed by atoms with E-state index in [1.807, 2.05) is 55.5 Å². The van der Waals surface area contributed by atoms with Gasteiger partial charge in [-0.15, -0.1) is 0 Å². The molecule has 3 aromatic carbocycles. The van der Waals surface area contributed by atoms with Crippen LogP contribution in [0, 0.1) is 0 Å². The zero-order chi connectivity index (χ0) is 21.1. The predicted molar refractivity (Wildman–Crippen MR) is 118 cm³/mol. The minimum atomic E-state index is -0.460. The molecule has 4 rings (SSSR count). The van der Waals surface area contributed by atoms with Gasteiger partial charge in [-0.3, -0.25) is 14.2 Å². The van der Waals surface area contributed by atoms with Crippen LogP contribution in [-0.4, -0.2) is 29.2 Å². The number of hydrogen-bond donors (Lipinski definition) is 1. The average Bonchev–Trinajstić information content (AvgIpc) is 2.78. The van der Waals surface area contributed by atoms with E-state index < -0.39 is 6.04 Å². The first-order chi connectivity index (χ1) is 14.6. The first kappa shape index (κ1) is 19.8. The summed E-state index contributed by atoms with van der Waals surface area (Å²) in [6.45, 7) is 2.57. The quantitative estimate of drug-likeness (QED) is 0.535. The molecule has 0 unspecified atom stereocenters. The molecule has 1 atom stereocenters. The fraction of sp³-hybridized carbons (Fsp3) is 0.208. The van der Waals surface area contributed by atoms with Crippen LogP contribution in [0.25, 0.3) is 21.7 Å². The van der Waals surface area contributed by atoms with Gasteiger partial charge in [-0.1, -0.05) is 42.5 Å². The van der Waals surface area contributed by atoms with Crippen molar-refractivity contribution in [1.29, 1.82) is 0 Å². The second kappa shape index (κ2) is 8.47. The maximum atomic E-state index is 13.0. The van der Waals surface area contributed by atoms with Crippen LogP contribution in [0.15, 0.2) is 71.5 Å². The Kier molecular flexibility index (Phi) is 5.59. The molecule has 4 aromatic rings. The predicted octanol–water partition coefficient (Wildman–Crippen LogP) is 3.69. The largest absolute Gasteiger partial charge is 0.383 e. The van der Waals surface area contributed by atoms with Crippen LogP contribution in [0.3, 0.4) is 0 Å². The topological polar surface area (TPSA) is 73.2 Å². The minimum Gasteiger partial charge on any atom is -0.383 e. The number of ether oxygens (including phenoxy) is 1. The molecule has 1 heterocycles. The Labute approximate surface area is 174 Å². The summed E-state index contributed by atoms with van der Waals surface area (Å²) in [4.78, 5) is 30.6. The van der Waals surface area contributed by atoms with Crippen molar-refractivity contribution in [3.05, 3.63) is 88.5 Å². The second-order valence-electron chi connectivity index (χ2n) is 7.19. The lowest BCUT2D eigenvalue weighted by molar-refractivity contribution is 0.0937. The highest BCUT2D eigenvalue weighted by molar-refractivity contribution is 5.98. The number of carbonyl (C=O) groups is 1. The van der Waals surface area contributed by atoms with Gasteiger partial charge >= 0.3 is 0 Å². The number of nitrogens with zero attached hydrogens (tertiary/aromatic N) is 2. The molecule has 1 aromatic heterocycles. The highest BCUT2D eigenvalue weighted by Gasteiger charge is 2.19. The van der Waals surface area contributed by atoms with Gasteiger partial charge in [0.1, 0.15) is 5.82 Å². The summed E-state index contributed by atoms with van der Waals surface area (Å²) in [6, 6.07) is 20.3. The molecule has 1 N–H and O–H groups in total. The number of benzene rings is 3. The number of aromatic nitrogens is 2. The molecule has 0 radical (unpaired) electrons. The second-order valence-corrected chi connectivity index (χ2v) is 7.19. The average molecular weight is 401 g/mol. The SMILES string of the molecule is COCCn1c([C@@H](C)NC(=O)c2ccc3ccccc3c2)nc2ccccc2c1=O. The number of carbonyl (C=O) groups excluding carboxylic acids is 1. The Morgan fingerprint density at radius 2 is 1.80 bits per heavy atom. The monoisotopic (exact) mass is 401 g/mol. The molecule has 0 aliphatic carbocycles. The molecule has 0 saturated heterocycles. The molecule has 152 valence electrons. The van der Waals surface area contributed by atoms with E-state index in [0.717, 1.165) is 10.8 Å². The van der Waals surface area contributed by atoms with E-state index in [1.54, 1.807) is 29.9 Å². The number of para-hydroxylation sites is 1. The number of rotatable bonds is 6. The lowest BCUT2D eigenvalue weighted by Gasteiger charge is -2.19. The van der Waals surface area contributed by atoms with E-state index >= 15 is 0 Å². The molecule has 0 aliphatic heterocycles. The van der Waals surface area contributed by atoms with Crippen LogP contribution >= 0.6 is 0 Å². The summed E-state index contributed by atoms with van der Waals surface area (Å²) >= 11 is 0. The molecule has 1 amide bonds. The number of methoxy groups -OCH3 is 1. The van der Waals surface area contributed by atoms with Gasteiger partial charge in [-0.2, -0.15) is 0 Å². The molecular weight excluding hydrogens is 378 g/mol. The maximum Gasteiger partial charge on any atom is 0.261 e. The standard InChI is InChI=1S/C24H23N3O3/c1-16(25-23(28)19-12-11-17-7-3-4-8-18(17)15-19)22-26-21-10-6-5-9-20(21)24(29)27(22)13-14-30-2/h3-12,15-16H,13-14H2,1-2H3,(H,25,28)/t16-/m1/s1. The highest BCUT2D eigenvalue weighted by Crippen LogP contribution is 2.18. The van der Waals surface area contributed by atoms with Gasteiger partial charge in [-0.25, -0.2) is 4.98 Å². The van der Waals surface area contributed by atoms with Crippen LogP contribution in [0.5, 0.6) is 0 Å². The fourth-order valence-electron chi connectivity index (χ4n) is 3.59. The zero-order valence-electron chi connectivity index (χ0n) is 17.0. The Bertz CT molecular complexity index is 1280. The summed E-state index contributed by atoms with van der Waals surface area (Å²) in [5.74, 6) is 0.291. The van der Waals surface area contributed by atoms with Crippen LogP contribution < -0.4 is 10.9 Å². The summed E-state index contributed by atoms with van der Waals surface area (Å²) < 4.78 is 6.74. The van der Waals surface area contributed by atoms with Gasteiger partial charge in [0, 0.05) is 12.7 Å². The van der Waals surface area contributed by atoms with Crippen molar-refractivity contribution in [3.63, 3.8) is 0 Å². The van der Waals surface area contributed by atoms with Crippen LogP contribution in [0.2, 0.25) is 0 Å². The maximum absolute atomic E-state index is 13.0. The molecule has 30 heavy (non-hydrogen) atoms. The van der Waals surface area contributed by atoms with Crippen molar-refractivity contribution in [2.45, 2.75) is 19.5 Å². The summed E-state index contributed by atoms with van der Waals surface area (Å²) in [5, 5.41) is 5.60. The van der Waals surface area contributed by atoms with Crippen molar-refractivity contribution < 1.29 is 9.53 Å². The van der Waals surface area contributed by atoms with Crippen molar-refractivity contribution in [2.75, 3.05) is 13.7 Å². The first-order valence-electron chi connectivity index (χ1n) is 9.86. The molecule has 0 spiro atoms. The van der Waals surface area contributed by atoms with Gasteiger partial charge in [0.2, 0.25) is 0 Å². The molecular formula is C24H23N3O3. The highest BCUT2D eigenvalue weighted by atomic mass is 16.5. The van der Waals surface area contributed by atoms with E-state index in [1.165, 1.54) is 0 Å².